The normalized spacial score (nSPS) is 11.1. The highest BCUT2D eigenvalue weighted by Gasteiger charge is 2.17. The van der Waals surface area contributed by atoms with Gasteiger partial charge in [0.05, 0.1) is 12.0 Å². The van der Waals surface area contributed by atoms with Crippen LogP contribution < -0.4 is 9.47 Å². The Bertz CT molecular complexity index is 1190. The Balaban J connectivity index is 1.77. The molecule has 170 valence electrons. The van der Waals surface area contributed by atoms with Crippen LogP contribution >= 0.6 is 0 Å². The lowest BCUT2D eigenvalue weighted by molar-refractivity contribution is -0.386. The molecule has 0 amide bonds. The van der Waals surface area contributed by atoms with Gasteiger partial charge >= 0.3 is 5.69 Å². The van der Waals surface area contributed by atoms with Crippen LogP contribution in [0.4, 0.5) is 10.1 Å². The molecule has 0 fully saturated rings. The van der Waals surface area contributed by atoms with E-state index < -0.39 is 10.7 Å². The Morgan fingerprint density at radius 3 is 2.42 bits per heavy atom. The fourth-order valence-corrected chi connectivity index (χ4v) is 3.23. The number of carbonyl (C=O) groups is 1. The number of nitro groups is 1. The molecule has 0 heterocycles. The van der Waals surface area contributed by atoms with E-state index in [1.165, 1.54) is 13.2 Å². The molecule has 0 aliphatic carbocycles. The van der Waals surface area contributed by atoms with Crippen molar-refractivity contribution in [1.82, 2.24) is 0 Å². The summed E-state index contributed by atoms with van der Waals surface area (Å²) in [6.07, 6.45) is 3.15. The third-order valence-corrected chi connectivity index (χ3v) is 5.10. The van der Waals surface area contributed by atoms with Crippen LogP contribution in [-0.2, 0) is 6.61 Å². The molecule has 0 aromatic heterocycles. The molecule has 3 aromatic rings. The van der Waals surface area contributed by atoms with Crippen molar-refractivity contribution >= 4 is 17.5 Å². The van der Waals surface area contributed by atoms with Crippen LogP contribution in [0.3, 0.4) is 0 Å². The number of nitro benzene ring substituents is 1. The number of rotatable bonds is 9. The molecule has 33 heavy (non-hydrogen) atoms. The van der Waals surface area contributed by atoms with E-state index in [1.54, 1.807) is 36.4 Å². The number of methoxy groups -OCH3 is 1. The first-order chi connectivity index (χ1) is 15.8. The standard InChI is InChI=1S/C26H24FNO5/c1-17(2)19-6-8-20(9-7-19)24(29)12-4-18-5-13-25(32-3)21(14-18)16-33-26-15-22(27)10-11-23(26)28(30)31/h4-15,17H,16H2,1-3H3/b12-4+. The molecule has 0 spiro atoms. The molecular weight excluding hydrogens is 425 g/mol. The van der Waals surface area contributed by atoms with Crippen molar-refractivity contribution in [3.63, 3.8) is 0 Å². The van der Waals surface area contributed by atoms with Crippen molar-refractivity contribution in [2.45, 2.75) is 26.4 Å². The molecule has 0 aliphatic heterocycles. The number of hydrogen-bond acceptors (Lipinski definition) is 5. The minimum absolute atomic E-state index is 0.0836. The van der Waals surface area contributed by atoms with Gasteiger partial charge in [-0.1, -0.05) is 50.3 Å². The van der Waals surface area contributed by atoms with Crippen LogP contribution in [0.15, 0.2) is 66.7 Å². The van der Waals surface area contributed by atoms with Gasteiger partial charge in [0.1, 0.15) is 18.2 Å². The molecule has 6 nitrogen and oxygen atoms in total. The summed E-state index contributed by atoms with van der Waals surface area (Å²) in [5.74, 6) is -0.0585. The Morgan fingerprint density at radius 1 is 1.06 bits per heavy atom. The number of ketones is 1. The smallest absolute Gasteiger partial charge is 0.311 e. The molecule has 0 N–H and O–H groups in total. The van der Waals surface area contributed by atoms with Crippen LogP contribution in [0.25, 0.3) is 6.08 Å². The third kappa shape index (κ3) is 6.04. The molecular formula is C26H24FNO5. The SMILES string of the molecule is COc1ccc(/C=C/C(=O)c2ccc(C(C)C)cc2)cc1COc1cc(F)ccc1[N+](=O)[O-]. The first-order valence-electron chi connectivity index (χ1n) is 10.3. The highest BCUT2D eigenvalue weighted by atomic mass is 19.1. The molecule has 0 aliphatic rings. The van der Waals surface area contributed by atoms with Crippen LogP contribution in [-0.4, -0.2) is 17.8 Å². The predicted octanol–water partition coefficient (Wildman–Crippen LogP) is 6.34. The number of halogens is 1. The zero-order valence-electron chi connectivity index (χ0n) is 18.6. The lowest BCUT2D eigenvalue weighted by atomic mass is 10.00. The van der Waals surface area contributed by atoms with E-state index in [9.17, 15) is 19.3 Å². The summed E-state index contributed by atoms with van der Waals surface area (Å²) in [5.41, 5.74) is 2.72. The number of nitrogens with zero attached hydrogens (tertiary/aromatic N) is 1. The summed E-state index contributed by atoms with van der Waals surface area (Å²) in [5, 5.41) is 11.2. The number of benzene rings is 3. The average molecular weight is 449 g/mol. The van der Waals surface area contributed by atoms with Crippen molar-refractivity contribution in [3.8, 4) is 11.5 Å². The van der Waals surface area contributed by atoms with E-state index in [-0.39, 0.29) is 23.8 Å². The largest absolute Gasteiger partial charge is 0.496 e. The van der Waals surface area contributed by atoms with Gasteiger partial charge in [0, 0.05) is 23.3 Å². The topological polar surface area (TPSA) is 78.7 Å². The second-order valence-electron chi connectivity index (χ2n) is 7.70. The highest BCUT2D eigenvalue weighted by Crippen LogP contribution is 2.30. The quantitative estimate of drug-likeness (QED) is 0.165. The van der Waals surface area contributed by atoms with Gasteiger partial charge in [0.2, 0.25) is 0 Å². The Kier molecular flexibility index (Phi) is 7.56. The summed E-state index contributed by atoms with van der Waals surface area (Å²) >= 11 is 0. The van der Waals surface area contributed by atoms with Gasteiger partial charge in [-0.25, -0.2) is 4.39 Å². The number of hydrogen-bond donors (Lipinski definition) is 0. The van der Waals surface area contributed by atoms with E-state index in [4.69, 9.17) is 9.47 Å². The summed E-state index contributed by atoms with van der Waals surface area (Å²) in [7, 11) is 1.49. The molecule has 0 unspecified atom stereocenters. The Morgan fingerprint density at radius 2 is 1.79 bits per heavy atom. The van der Waals surface area contributed by atoms with Gasteiger partial charge in [-0.3, -0.25) is 14.9 Å². The van der Waals surface area contributed by atoms with E-state index in [2.05, 4.69) is 13.8 Å². The van der Waals surface area contributed by atoms with Gasteiger partial charge in [-0.2, -0.15) is 0 Å². The molecule has 0 atom stereocenters. The molecule has 3 rings (SSSR count). The maximum absolute atomic E-state index is 13.6. The van der Waals surface area contributed by atoms with Crippen LogP contribution in [0.2, 0.25) is 0 Å². The van der Waals surface area contributed by atoms with E-state index >= 15 is 0 Å². The molecule has 0 saturated heterocycles. The predicted molar refractivity (Wildman–Crippen MR) is 124 cm³/mol. The van der Waals surface area contributed by atoms with Crippen LogP contribution in [0, 0.1) is 15.9 Å². The summed E-state index contributed by atoms with van der Waals surface area (Å²) in [6.45, 7) is 4.10. The van der Waals surface area contributed by atoms with Gasteiger partial charge in [-0.05, 0) is 41.3 Å². The maximum Gasteiger partial charge on any atom is 0.311 e. The lowest BCUT2D eigenvalue weighted by Gasteiger charge is -2.11. The minimum Gasteiger partial charge on any atom is -0.496 e. The maximum atomic E-state index is 13.6. The molecule has 0 radical (unpaired) electrons. The van der Waals surface area contributed by atoms with Crippen molar-refractivity contribution in [1.29, 1.82) is 0 Å². The summed E-state index contributed by atoms with van der Waals surface area (Å²) in [4.78, 5) is 23.1. The molecule has 7 heteroatoms. The monoisotopic (exact) mass is 449 g/mol. The molecule has 0 bridgehead atoms. The van der Waals surface area contributed by atoms with E-state index in [0.29, 0.717) is 22.8 Å². The van der Waals surface area contributed by atoms with Gasteiger partial charge in [0.25, 0.3) is 0 Å². The fraction of sp³-hybridized carbons (Fsp3) is 0.192. The number of carbonyl (C=O) groups excluding carboxylic acids is 1. The zero-order chi connectivity index (χ0) is 24.0. The van der Waals surface area contributed by atoms with Crippen LogP contribution in [0.5, 0.6) is 11.5 Å². The van der Waals surface area contributed by atoms with E-state index in [1.807, 2.05) is 12.1 Å². The highest BCUT2D eigenvalue weighted by molar-refractivity contribution is 6.06. The number of allylic oxidation sites excluding steroid dienone is 1. The first-order valence-corrected chi connectivity index (χ1v) is 10.3. The molecule has 3 aromatic carbocycles. The lowest BCUT2D eigenvalue weighted by Crippen LogP contribution is -2.02. The van der Waals surface area contributed by atoms with Gasteiger partial charge in [0.15, 0.2) is 11.5 Å². The second kappa shape index (κ2) is 10.5. The van der Waals surface area contributed by atoms with Gasteiger partial charge in [-0.15, -0.1) is 0 Å². The van der Waals surface area contributed by atoms with Crippen molar-refractivity contribution in [2.24, 2.45) is 0 Å². The minimum atomic E-state index is -0.640. The summed E-state index contributed by atoms with van der Waals surface area (Å²) < 4.78 is 24.4. The third-order valence-electron chi connectivity index (χ3n) is 5.10. The van der Waals surface area contributed by atoms with Crippen molar-refractivity contribution in [3.05, 3.63) is 105 Å². The first kappa shape index (κ1) is 23.7. The Hall–Kier alpha value is -4.00. The van der Waals surface area contributed by atoms with Crippen molar-refractivity contribution in [2.75, 3.05) is 7.11 Å². The van der Waals surface area contributed by atoms with Crippen molar-refractivity contribution < 1.29 is 23.6 Å². The summed E-state index contributed by atoms with van der Waals surface area (Å²) in [6, 6.07) is 15.8. The van der Waals surface area contributed by atoms with Crippen LogP contribution in [0.1, 0.15) is 46.8 Å². The molecule has 0 saturated carbocycles. The second-order valence-corrected chi connectivity index (χ2v) is 7.70. The van der Waals surface area contributed by atoms with E-state index in [0.717, 1.165) is 29.3 Å². The fourth-order valence-electron chi connectivity index (χ4n) is 3.23. The zero-order valence-corrected chi connectivity index (χ0v) is 18.6. The Labute approximate surface area is 191 Å². The van der Waals surface area contributed by atoms with Gasteiger partial charge < -0.3 is 9.47 Å². The average Bonchev–Trinajstić information content (AvgIpc) is 2.81. The number of ether oxygens (including phenoxy) is 2.